The third-order valence-corrected chi connectivity index (χ3v) is 5.30. The third kappa shape index (κ3) is 4.15. The number of nitrogens with zero attached hydrogens (tertiary/aromatic N) is 1. The zero-order valence-electron chi connectivity index (χ0n) is 11.9. The molecule has 1 saturated carbocycles. The summed E-state index contributed by atoms with van der Waals surface area (Å²) in [4.78, 5) is 2.58. The molecule has 2 nitrogen and oxygen atoms in total. The van der Waals surface area contributed by atoms with E-state index in [0.717, 1.165) is 6.54 Å². The zero-order chi connectivity index (χ0) is 12.7. The highest BCUT2D eigenvalue weighted by molar-refractivity contribution is 7.98. The molecule has 1 atom stereocenters. The topological polar surface area (TPSA) is 29.3 Å². The van der Waals surface area contributed by atoms with Crippen LogP contribution in [0.15, 0.2) is 0 Å². The number of rotatable bonds is 5. The van der Waals surface area contributed by atoms with Crippen LogP contribution in [0.3, 0.4) is 0 Å². The molecule has 0 aromatic carbocycles. The van der Waals surface area contributed by atoms with E-state index in [1.165, 1.54) is 50.7 Å². The van der Waals surface area contributed by atoms with Crippen LogP contribution in [0.5, 0.6) is 0 Å². The second-order valence-corrected chi connectivity index (χ2v) is 6.52. The van der Waals surface area contributed by atoms with Gasteiger partial charge in [0, 0.05) is 23.9 Å². The van der Waals surface area contributed by atoms with Crippen molar-refractivity contribution in [3.8, 4) is 0 Å². The van der Waals surface area contributed by atoms with Crippen molar-refractivity contribution in [1.82, 2.24) is 4.90 Å². The van der Waals surface area contributed by atoms with Gasteiger partial charge in [0.15, 0.2) is 0 Å². The van der Waals surface area contributed by atoms with Gasteiger partial charge in [0.25, 0.3) is 0 Å². The van der Waals surface area contributed by atoms with Gasteiger partial charge < -0.3 is 5.73 Å². The number of hydrogen-bond acceptors (Lipinski definition) is 3. The Balaban J connectivity index is 2.68. The summed E-state index contributed by atoms with van der Waals surface area (Å²) in [6.45, 7) is 3.16. The summed E-state index contributed by atoms with van der Waals surface area (Å²) >= 11 is 1.94. The van der Waals surface area contributed by atoms with Gasteiger partial charge in [0.1, 0.15) is 0 Å². The second-order valence-electron chi connectivity index (χ2n) is 5.61. The molecule has 0 bridgehead atoms. The molecule has 0 amide bonds. The van der Waals surface area contributed by atoms with Gasteiger partial charge in [-0.15, -0.1) is 0 Å². The van der Waals surface area contributed by atoms with E-state index in [1.807, 2.05) is 11.8 Å². The van der Waals surface area contributed by atoms with Crippen molar-refractivity contribution in [2.24, 2.45) is 5.73 Å². The standard InChI is InChI=1S/C14H30N2S/c1-13(11-17-3)16(2)14(12-15)9-7-5-4-6-8-10-14/h13H,4-12,15H2,1-3H3. The summed E-state index contributed by atoms with van der Waals surface area (Å²) in [6, 6.07) is 0.632. The van der Waals surface area contributed by atoms with Crippen molar-refractivity contribution in [3.63, 3.8) is 0 Å². The van der Waals surface area contributed by atoms with Gasteiger partial charge >= 0.3 is 0 Å². The highest BCUT2D eigenvalue weighted by Crippen LogP contribution is 2.31. The maximum Gasteiger partial charge on any atom is 0.0331 e. The molecule has 102 valence electrons. The smallest absolute Gasteiger partial charge is 0.0331 e. The van der Waals surface area contributed by atoms with Crippen LogP contribution in [0, 0.1) is 0 Å². The SMILES string of the molecule is CSCC(C)N(C)C1(CN)CCCCCCC1. The van der Waals surface area contributed by atoms with Crippen molar-refractivity contribution in [2.45, 2.75) is 63.5 Å². The van der Waals surface area contributed by atoms with Crippen LogP contribution in [0.2, 0.25) is 0 Å². The maximum absolute atomic E-state index is 6.15. The monoisotopic (exact) mass is 258 g/mol. The number of nitrogens with two attached hydrogens (primary N) is 1. The summed E-state index contributed by atoms with van der Waals surface area (Å²) in [7, 11) is 2.29. The summed E-state index contributed by atoms with van der Waals surface area (Å²) in [5.74, 6) is 1.21. The lowest BCUT2D eigenvalue weighted by Gasteiger charge is -2.45. The molecule has 3 heteroatoms. The molecule has 0 aromatic heterocycles. The molecule has 2 N–H and O–H groups in total. The Morgan fingerprint density at radius 1 is 1.18 bits per heavy atom. The van der Waals surface area contributed by atoms with Crippen LogP contribution < -0.4 is 5.73 Å². The molecule has 1 aliphatic rings. The lowest BCUT2D eigenvalue weighted by atomic mass is 9.82. The molecular weight excluding hydrogens is 228 g/mol. The summed E-state index contributed by atoms with van der Waals surface area (Å²) < 4.78 is 0. The molecule has 0 aromatic rings. The molecule has 1 fully saturated rings. The van der Waals surface area contributed by atoms with Crippen molar-refractivity contribution in [1.29, 1.82) is 0 Å². The molecule has 0 spiro atoms. The second kappa shape index (κ2) is 7.65. The Hall–Kier alpha value is 0.270. The van der Waals surface area contributed by atoms with Gasteiger partial charge in [0.2, 0.25) is 0 Å². The zero-order valence-corrected chi connectivity index (χ0v) is 12.7. The first-order chi connectivity index (χ1) is 8.16. The van der Waals surface area contributed by atoms with Gasteiger partial charge in [-0.2, -0.15) is 11.8 Å². The Bertz CT molecular complexity index is 200. The van der Waals surface area contributed by atoms with E-state index in [9.17, 15) is 0 Å². The average Bonchev–Trinajstić information content (AvgIpc) is 2.29. The molecule has 1 unspecified atom stereocenters. The predicted molar refractivity (Wildman–Crippen MR) is 79.7 cm³/mol. The minimum atomic E-state index is 0.273. The van der Waals surface area contributed by atoms with Crippen LogP contribution >= 0.6 is 11.8 Å². The first kappa shape index (κ1) is 15.3. The fourth-order valence-electron chi connectivity index (χ4n) is 3.08. The van der Waals surface area contributed by atoms with Crippen molar-refractivity contribution >= 4 is 11.8 Å². The molecule has 0 radical (unpaired) electrons. The first-order valence-corrected chi connectivity index (χ1v) is 8.47. The quantitative estimate of drug-likeness (QED) is 0.821. The van der Waals surface area contributed by atoms with Crippen molar-refractivity contribution in [3.05, 3.63) is 0 Å². The van der Waals surface area contributed by atoms with Gasteiger partial charge in [-0.25, -0.2) is 0 Å². The molecule has 17 heavy (non-hydrogen) atoms. The van der Waals surface area contributed by atoms with E-state index < -0.39 is 0 Å². The summed E-state index contributed by atoms with van der Waals surface area (Å²) in [5, 5.41) is 0. The predicted octanol–water partition coefficient (Wildman–Crippen LogP) is 3.11. The van der Waals surface area contributed by atoms with Crippen LogP contribution in [0.4, 0.5) is 0 Å². The van der Waals surface area contributed by atoms with E-state index in [1.54, 1.807) is 0 Å². The van der Waals surface area contributed by atoms with Gasteiger partial charge in [-0.1, -0.05) is 32.1 Å². The number of thioether (sulfide) groups is 1. The van der Waals surface area contributed by atoms with E-state index in [4.69, 9.17) is 5.73 Å². The van der Waals surface area contributed by atoms with Crippen LogP contribution in [-0.4, -0.2) is 42.1 Å². The van der Waals surface area contributed by atoms with E-state index >= 15 is 0 Å². The Labute approximate surface area is 112 Å². The largest absolute Gasteiger partial charge is 0.329 e. The Morgan fingerprint density at radius 2 is 1.71 bits per heavy atom. The normalized spacial score (nSPS) is 23.1. The van der Waals surface area contributed by atoms with E-state index in [2.05, 4.69) is 25.1 Å². The van der Waals surface area contributed by atoms with Crippen molar-refractivity contribution in [2.75, 3.05) is 25.6 Å². The third-order valence-electron chi connectivity index (χ3n) is 4.48. The number of hydrogen-bond donors (Lipinski definition) is 1. The average molecular weight is 258 g/mol. The number of likely N-dealkylation sites (N-methyl/N-ethyl adjacent to an activating group) is 1. The lowest BCUT2D eigenvalue weighted by molar-refractivity contribution is 0.0672. The Morgan fingerprint density at radius 3 is 2.18 bits per heavy atom. The summed E-state index contributed by atoms with van der Waals surface area (Å²) in [6.07, 6.45) is 11.7. The van der Waals surface area contributed by atoms with E-state index in [0.29, 0.717) is 6.04 Å². The molecule has 0 saturated heterocycles. The van der Waals surface area contributed by atoms with Crippen LogP contribution in [-0.2, 0) is 0 Å². The van der Waals surface area contributed by atoms with Gasteiger partial charge in [0.05, 0.1) is 0 Å². The first-order valence-electron chi connectivity index (χ1n) is 7.08. The highest BCUT2D eigenvalue weighted by Gasteiger charge is 2.35. The molecule has 0 aliphatic heterocycles. The maximum atomic E-state index is 6.15. The minimum Gasteiger partial charge on any atom is -0.329 e. The Kier molecular flexibility index (Phi) is 6.90. The van der Waals surface area contributed by atoms with Gasteiger partial charge in [-0.3, -0.25) is 4.90 Å². The van der Waals surface area contributed by atoms with E-state index in [-0.39, 0.29) is 5.54 Å². The van der Waals surface area contributed by atoms with Gasteiger partial charge in [-0.05, 0) is 33.1 Å². The van der Waals surface area contributed by atoms with Crippen molar-refractivity contribution < 1.29 is 0 Å². The van der Waals surface area contributed by atoms with Crippen LogP contribution in [0.25, 0.3) is 0 Å². The molecular formula is C14H30N2S. The fourth-order valence-corrected chi connectivity index (χ4v) is 3.79. The fraction of sp³-hybridized carbons (Fsp3) is 1.00. The molecule has 1 aliphatic carbocycles. The molecule has 1 rings (SSSR count). The lowest BCUT2D eigenvalue weighted by Crippen LogP contribution is -2.56. The molecule has 0 heterocycles. The minimum absolute atomic E-state index is 0.273. The van der Waals surface area contributed by atoms with Crippen LogP contribution in [0.1, 0.15) is 51.9 Å². The summed E-state index contributed by atoms with van der Waals surface area (Å²) in [5.41, 5.74) is 6.42. The highest BCUT2D eigenvalue weighted by atomic mass is 32.2.